The van der Waals surface area contributed by atoms with Gasteiger partial charge in [-0.3, -0.25) is 0 Å². The molecule has 1 aromatic rings. The van der Waals surface area contributed by atoms with Crippen molar-refractivity contribution in [2.45, 2.75) is 26.2 Å². The lowest BCUT2D eigenvalue weighted by Gasteiger charge is -2.18. The fourth-order valence-electron chi connectivity index (χ4n) is 1.16. The SMILES string of the molecule is COC=Nc1ccc(C(C)(C)C)cc1. The van der Waals surface area contributed by atoms with Crippen molar-refractivity contribution in [3.05, 3.63) is 29.8 Å². The van der Waals surface area contributed by atoms with Crippen molar-refractivity contribution in [1.29, 1.82) is 0 Å². The molecule has 0 heterocycles. The Labute approximate surface area is 85.6 Å². The maximum atomic E-state index is 4.75. The first kappa shape index (κ1) is 10.8. The summed E-state index contributed by atoms with van der Waals surface area (Å²) in [5.41, 5.74) is 2.43. The number of rotatable bonds is 2. The average Bonchev–Trinajstić information content (AvgIpc) is 2.14. The highest BCUT2D eigenvalue weighted by molar-refractivity contribution is 5.55. The van der Waals surface area contributed by atoms with E-state index < -0.39 is 0 Å². The molecular weight excluding hydrogens is 174 g/mol. The van der Waals surface area contributed by atoms with Gasteiger partial charge in [-0.1, -0.05) is 32.9 Å². The van der Waals surface area contributed by atoms with Gasteiger partial charge in [-0.2, -0.15) is 0 Å². The molecule has 2 nitrogen and oxygen atoms in total. The minimum Gasteiger partial charge on any atom is -0.486 e. The van der Waals surface area contributed by atoms with Crippen LogP contribution in [0.15, 0.2) is 29.3 Å². The third kappa shape index (κ3) is 2.87. The Bertz CT molecular complexity index is 306. The third-order valence-electron chi connectivity index (χ3n) is 2.04. The van der Waals surface area contributed by atoms with Crippen LogP contribution in [0.3, 0.4) is 0 Å². The number of aliphatic imine (C=N–C) groups is 1. The number of nitrogens with zero attached hydrogens (tertiary/aromatic N) is 1. The lowest BCUT2D eigenvalue weighted by Crippen LogP contribution is -2.10. The zero-order chi connectivity index (χ0) is 10.6. The Morgan fingerprint density at radius 3 is 2.14 bits per heavy atom. The topological polar surface area (TPSA) is 21.6 Å². The lowest BCUT2D eigenvalue weighted by atomic mass is 9.87. The maximum Gasteiger partial charge on any atom is 0.174 e. The molecule has 0 spiro atoms. The normalized spacial score (nSPS) is 12.0. The van der Waals surface area contributed by atoms with Crippen LogP contribution in [-0.4, -0.2) is 13.5 Å². The van der Waals surface area contributed by atoms with Crippen LogP contribution in [0.4, 0.5) is 5.69 Å². The van der Waals surface area contributed by atoms with Crippen molar-refractivity contribution in [2.75, 3.05) is 7.11 Å². The molecule has 76 valence electrons. The lowest BCUT2D eigenvalue weighted by molar-refractivity contribution is 0.423. The van der Waals surface area contributed by atoms with Crippen molar-refractivity contribution in [3.63, 3.8) is 0 Å². The highest BCUT2D eigenvalue weighted by Gasteiger charge is 2.12. The maximum absolute atomic E-state index is 4.75. The van der Waals surface area contributed by atoms with Gasteiger partial charge < -0.3 is 4.74 Å². The number of hydrogen-bond donors (Lipinski definition) is 0. The summed E-state index contributed by atoms with van der Waals surface area (Å²) in [6.45, 7) is 6.58. The van der Waals surface area contributed by atoms with E-state index in [1.165, 1.54) is 12.0 Å². The van der Waals surface area contributed by atoms with Crippen LogP contribution >= 0.6 is 0 Å². The van der Waals surface area contributed by atoms with Crippen LogP contribution in [0.2, 0.25) is 0 Å². The van der Waals surface area contributed by atoms with E-state index in [2.05, 4.69) is 37.9 Å². The van der Waals surface area contributed by atoms with Gasteiger partial charge in [0.1, 0.15) is 0 Å². The van der Waals surface area contributed by atoms with E-state index in [1.807, 2.05) is 12.1 Å². The predicted molar refractivity (Wildman–Crippen MR) is 60.3 cm³/mol. The number of benzene rings is 1. The molecule has 1 rings (SSSR count). The number of methoxy groups -OCH3 is 1. The molecule has 0 saturated heterocycles. The molecule has 0 N–H and O–H groups in total. The number of hydrogen-bond acceptors (Lipinski definition) is 2. The van der Waals surface area contributed by atoms with Crippen molar-refractivity contribution >= 4 is 12.1 Å². The van der Waals surface area contributed by atoms with Gasteiger partial charge in [0.25, 0.3) is 0 Å². The Balaban J connectivity index is 2.84. The quantitative estimate of drug-likeness (QED) is 0.519. The second-order valence-corrected chi connectivity index (χ2v) is 4.27. The average molecular weight is 191 g/mol. The Hall–Kier alpha value is -1.31. The second kappa shape index (κ2) is 4.27. The van der Waals surface area contributed by atoms with Crippen LogP contribution in [0.25, 0.3) is 0 Å². The summed E-state index contributed by atoms with van der Waals surface area (Å²) < 4.78 is 4.75. The molecule has 0 radical (unpaired) electrons. The Kier molecular flexibility index (Phi) is 3.28. The van der Waals surface area contributed by atoms with Crippen LogP contribution < -0.4 is 0 Å². The van der Waals surface area contributed by atoms with Crippen molar-refractivity contribution in [3.8, 4) is 0 Å². The molecule has 0 aromatic heterocycles. The van der Waals surface area contributed by atoms with Crippen LogP contribution in [0.5, 0.6) is 0 Å². The molecule has 14 heavy (non-hydrogen) atoms. The zero-order valence-electron chi connectivity index (χ0n) is 9.24. The second-order valence-electron chi connectivity index (χ2n) is 4.27. The fraction of sp³-hybridized carbons (Fsp3) is 0.417. The van der Waals surface area contributed by atoms with E-state index in [0.717, 1.165) is 5.69 Å². The van der Waals surface area contributed by atoms with Gasteiger partial charge in [-0.15, -0.1) is 0 Å². The van der Waals surface area contributed by atoms with Crippen molar-refractivity contribution in [1.82, 2.24) is 0 Å². The Morgan fingerprint density at radius 2 is 1.71 bits per heavy atom. The molecule has 0 saturated carbocycles. The highest BCUT2D eigenvalue weighted by Crippen LogP contribution is 2.24. The molecule has 1 aromatic carbocycles. The van der Waals surface area contributed by atoms with E-state index in [-0.39, 0.29) is 5.41 Å². The first-order chi connectivity index (χ1) is 6.54. The molecular formula is C12H17NO. The summed E-state index contributed by atoms with van der Waals surface area (Å²) >= 11 is 0. The van der Waals surface area contributed by atoms with Crippen molar-refractivity contribution in [2.24, 2.45) is 4.99 Å². The number of ether oxygens (including phenoxy) is 1. The molecule has 0 unspecified atom stereocenters. The minimum atomic E-state index is 0.198. The van der Waals surface area contributed by atoms with E-state index in [4.69, 9.17) is 4.74 Å². The van der Waals surface area contributed by atoms with Gasteiger partial charge in [0, 0.05) is 0 Å². The fourth-order valence-corrected chi connectivity index (χ4v) is 1.16. The summed E-state index contributed by atoms with van der Waals surface area (Å²) in [6.07, 6.45) is 1.44. The molecule has 0 aliphatic heterocycles. The van der Waals surface area contributed by atoms with E-state index in [9.17, 15) is 0 Å². The monoisotopic (exact) mass is 191 g/mol. The predicted octanol–water partition coefficient (Wildman–Crippen LogP) is 3.29. The summed E-state index contributed by atoms with van der Waals surface area (Å²) in [6, 6.07) is 8.19. The minimum absolute atomic E-state index is 0.198. The smallest absolute Gasteiger partial charge is 0.174 e. The van der Waals surface area contributed by atoms with Crippen LogP contribution in [-0.2, 0) is 10.2 Å². The van der Waals surface area contributed by atoms with Gasteiger partial charge in [0.05, 0.1) is 12.8 Å². The highest BCUT2D eigenvalue weighted by atomic mass is 16.5. The molecule has 2 heteroatoms. The molecule has 0 amide bonds. The molecule has 0 aliphatic rings. The first-order valence-electron chi connectivity index (χ1n) is 4.70. The van der Waals surface area contributed by atoms with Gasteiger partial charge in [0.2, 0.25) is 0 Å². The first-order valence-corrected chi connectivity index (χ1v) is 4.70. The molecule has 0 bridgehead atoms. The summed E-state index contributed by atoms with van der Waals surface area (Å²) in [5.74, 6) is 0. The van der Waals surface area contributed by atoms with Crippen LogP contribution in [0.1, 0.15) is 26.3 Å². The van der Waals surface area contributed by atoms with Gasteiger partial charge in [-0.25, -0.2) is 4.99 Å². The standard InChI is InChI=1S/C12H17NO/c1-12(2,3)10-5-7-11(8-6-10)13-9-14-4/h5-9H,1-4H3. The van der Waals surface area contributed by atoms with Gasteiger partial charge >= 0.3 is 0 Å². The summed E-state index contributed by atoms with van der Waals surface area (Å²) in [4.78, 5) is 4.10. The van der Waals surface area contributed by atoms with Crippen molar-refractivity contribution < 1.29 is 4.74 Å². The van der Waals surface area contributed by atoms with Crippen LogP contribution in [0, 0.1) is 0 Å². The van der Waals surface area contributed by atoms with Gasteiger partial charge in [0.15, 0.2) is 6.40 Å². The van der Waals surface area contributed by atoms with E-state index in [0.29, 0.717) is 0 Å². The molecule has 0 fully saturated rings. The third-order valence-corrected chi connectivity index (χ3v) is 2.04. The molecule has 0 atom stereocenters. The van der Waals surface area contributed by atoms with Gasteiger partial charge in [-0.05, 0) is 23.1 Å². The zero-order valence-corrected chi connectivity index (χ0v) is 9.24. The molecule has 0 aliphatic carbocycles. The largest absolute Gasteiger partial charge is 0.486 e. The summed E-state index contributed by atoms with van der Waals surface area (Å²) in [7, 11) is 1.59. The summed E-state index contributed by atoms with van der Waals surface area (Å²) in [5, 5.41) is 0. The Morgan fingerprint density at radius 1 is 1.14 bits per heavy atom. The van der Waals surface area contributed by atoms with E-state index in [1.54, 1.807) is 7.11 Å². The van der Waals surface area contributed by atoms with E-state index >= 15 is 0 Å².